The van der Waals surface area contributed by atoms with E-state index in [1.165, 1.54) is 0 Å². The van der Waals surface area contributed by atoms with Crippen LogP contribution in [0.25, 0.3) is 0 Å². The molecule has 0 spiro atoms. The first-order valence-corrected chi connectivity index (χ1v) is 7.64. The Morgan fingerprint density at radius 1 is 1.24 bits per heavy atom. The van der Waals surface area contributed by atoms with Crippen molar-refractivity contribution in [2.45, 2.75) is 58.4 Å². The van der Waals surface area contributed by atoms with Crippen LogP contribution in [0, 0.1) is 11.8 Å². The van der Waals surface area contributed by atoms with Crippen molar-refractivity contribution in [1.29, 1.82) is 0 Å². The van der Waals surface area contributed by atoms with E-state index in [9.17, 15) is 19.5 Å². The molecule has 1 amide bonds. The molecule has 1 aliphatic rings. The topological polar surface area (TPSA) is 92.7 Å². The Balaban J connectivity index is 2.57. The van der Waals surface area contributed by atoms with E-state index in [0.717, 1.165) is 32.1 Å². The van der Waals surface area contributed by atoms with E-state index in [1.54, 1.807) is 13.8 Å². The highest BCUT2D eigenvalue weighted by Crippen LogP contribution is 2.24. The summed E-state index contributed by atoms with van der Waals surface area (Å²) < 4.78 is 4.82. The van der Waals surface area contributed by atoms with Crippen LogP contribution in [0.3, 0.4) is 0 Å². The number of ether oxygens (including phenoxy) is 1. The monoisotopic (exact) mass is 299 g/mol. The summed E-state index contributed by atoms with van der Waals surface area (Å²) in [6, 6.07) is -1.05. The number of hydrogen-bond acceptors (Lipinski definition) is 4. The van der Waals surface area contributed by atoms with Crippen molar-refractivity contribution in [3.8, 4) is 0 Å². The largest absolute Gasteiger partial charge is 0.480 e. The van der Waals surface area contributed by atoms with Gasteiger partial charge in [-0.05, 0) is 25.7 Å². The predicted molar refractivity (Wildman–Crippen MR) is 76.6 cm³/mol. The molecule has 6 nitrogen and oxygen atoms in total. The lowest BCUT2D eigenvalue weighted by molar-refractivity contribution is -0.147. The van der Waals surface area contributed by atoms with E-state index < -0.39 is 23.9 Å². The summed E-state index contributed by atoms with van der Waals surface area (Å²) >= 11 is 0. The number of carboxylic acid groups (broad SMARTS) is 1. The lowest BCUT2D eigenvalue weighted by Crippen LogP contribution is -2.48. The maximum atomic E-state index is 12.1. The Morgan fingerprint density at radius 2 is 1.86 bits per heavy atom. The van der Waals surface area contributed by atoms with Crippen molar-refractivity contribution >= 4 is 17.8 Å². The molecule has 1 saturated carbocycles. The minimum Gasteiger partial charge on any atom is -0.480 e. The molecule has 0 bridgehead atoms. The van der Waals surface area contributed by atoms with Crippen molar-refractivity contribution in [2.75, 3.05) is 6.61 Å². The lowest BCUT2D eigenvalue weighted by atomic mass is 9.88. The Hall–Kier alpha value is -1.59. The minimum atomic E-state index is -1.11. The van der Waals surface area contributed by atoms with Gasteiger partial charge in [0.25, 0.3) is 0 Å². The quantitative estimate of drug-likeness (QED) is 0.698. The third-order valence-corrected chi connectivity index (χ3v) is 3.90. The highest BCUT2D eigenvalue weighted by atomic mass is 16.5. The summed E-state index contributed by atoms with van der Waals surface area (Å²) in [5.41, 5.74) is 0. The first-order chi connectivity index (χ1) is 9.95. The Bertz CT molecular complexity index is 376. The molecule has 0 aromatic rings. The SMILES string of the molecule is CCOC(=O)C[C@@H](C)[C@H](NC(=O)C1CCCCC1)C(=O)O. The normalized spacial score (nSPS) is 18.6. The second-order valence-corrected chi connectivity index (χ2v) is 5.65. The van der Waals surface area contributed by atoms with Crippen LogP contribution in [0.15, 0.2) is 0 Å². The predicted octanol–water partition coefficient (Wildman–Crippen LogP) is 1.73. The molecular formula is C15H25NO5. The van der Waals surface area contributed by atoms with Crippen LogP contribution in [0.4, 0.5) is 0 Å². The molecular weight excluding hydrogens is 274 g/mol. The Morgan fingerprint density at radius 3 is 2.38 bits per heavy atom. The van der Waals surface area contributed by atoms with E-state index in [-0.39, 0.29) is 24.9 Å². The molecule has 1 fully saturated rings. The van der Waals surface area contributed by atoms with Gasteiger partial charge in [0.2, 0.25) is 5.91 Å². The summed E-state index contributed by atoms with van der Waals surface area (Å²) in [4.78, 5) is 34.9. The van der Waals surface area contributed by atoms with Gasteiger partial charge in [-0.3, -0.25) is 9.59 Å². The van der Waals surface area contributed by atoms with Gasteiger partial charge in [-0.1, -0.05) is 26.2 Å². The molecule has 0 unspecified atom stereocenters. The van der Waals surface area contributed by atoms with Gasteiger partial charge >= 0.3 is 11.9 Å². The number of carboxylic acids is 1. The third kappa shape index (κ3) is 5.73. The highest BCUT2D eigenvalue weighted by Gasteiger charge is 2.31. The molecule has 0 radical (unpaired) electrons. The second kappa shape index (κ2) is 8.64. The number of carbonyl (C=O) groups is 3. The molecule has 1 rings (SSSR count). The number of aliphatic carboxylic acids is 1. The smallest absolute Gasteiger partial charge is 0.326 e. The highest BCUT2D eigenvalue weighted by molar-refractivity contribution is 5.85. The van der Waals surface area contributed by atoms with Crippen LogP contribution >= 0.6 is 0 Å². The van der Waals surface area contributed by atoms with E-state index >= 15 is 0 Å². The lowest BCUT2D eigenvalue weighted by Gasteiger charge is -2.25. The first-order valence-electron chi connectivity index (χ1n) is 7.64. The van der Waals surface area contributed by atoms with Crippen LogP contribution in [0.1, 0.15) is 52.4 Å². The summed E-state index contributed by atoms with van der Waals surface area (Å²) in [6.45, 7) is 3.59. The zero-order valence-electron chi connectivity index (χ0n) is 12.8. The third-order valence-electron chi connectivity index (χ3n) is 3.90. The standard InChI is InChI=1S/C15H25NO5/c1-3-21-12(17)9-10(2)13(15(19)20)16-14(18)11-7-5-4-6-8-11/h10-11,13H,3-9H2,1-2H3,(H,16,18)(H,19,20)/t10-,13+/m1/s1. The maximum Gasteiger partial charge on any atom is 0.326 e. The molecule has 0 heterocycles. The molecule has 2 N–H and O–H groups in total. The number of amides is 1. The van der Waals surface area contributed by atoms with Gasteiger partial charge in [0.15, 0.2) is 0 Å². The zero-order chi connectivity index (χ0) is 15.8. The number of esters is 1. The maximum absolute atomic E-state index is 12.1. The molecule has 0 aromatic carbocycles. The molecule has 120 valence electrons. The van der Waals surface area contributed by atoms with Crippen LogP contribution in [-0.2, 0) is 19.1 Å². The van der Waals surface area contributed by atoms with Crippen molar-refractivity contribution in [1.82, 2.24) is 5.32 Å². The van der Waals surface area contributed by atoms with Gasteiger partial charge in [0.1, 0.15) is 6.04 Å². The average molecular weight is 299 g/mol. The second-order valence-electron chi connectivity index (χ2n) is 5.65. The van der Waals surface area contributed by atoms with Gasteiger partial charge in [-0.15, -0.1) is 0 Å². The van der Waals surface area contributed by atoms with Crippen LogP contribution in [0.2, 0.25) is 0 Å². The van der Waals surface area contributed by atoms with E-state index in [2.05, 4.69) is 5.32 Å². The number of nitrogens with one attached hydrogen (secondary N) is 1. The van der Waals surface area contributed by atoms with Gasteiger partial charge < -0.3 is 15.2 Å². The molecule has 2 atom stereocenters. The van der Waals surface area contributed by atoms with Crippen molar-refractivity contribution in [3.63, 3.8) is 0 Å². The van der Waals surface area contributed by atoms with Gasteiger partial charge in [0, 0.05) is 5.92 Å². The van der Waals surface area contributed by atoms with Crippen LogP contribution < -0.4 is 5.32 Å². The number of rotatable bonds is 7. The summed E-state index contributed by atoms with van der Waals surface area (Å²) in [7, 11) is 0. The van der Waals surface area contributed by atoms with Crippen molar-refractivity contribution in [3.05, 3.63) is 0 Å². The fourth-order valence-corrected chi connectivity index (χ4v) is 2.68. The van der Waals surface area contributed by atoms with Crippen molar-refractivity contribution < 1.29 is 24.2 Å². The average Bonchev–Trinajstić information content (AvgIpc) is 2.45. The fourth-order valence-electron chi connectivity index (χ4n) is 2.68. The van der Waals surface area contributed by atoms with Gasteiger partial charge in [0.05, 0.1) is 13.0 Å². The molecule has 6 heteroatoms. The van der Waals surface area contributed by atoms with Crippen molar-refractivity contribution in [2.24, 2.45) is 11.8 Å². The first kappa shape index (κ1) is 17.5. The number of carbonyl (C=O) groups excluding carboxylic acids is 2. The molecule has 0 saturated heterocycles. The van der Waals surface area contributed by atoms with E-state index in [1.807, 2.05) is 0 Å². The number of hydrogen-bond donors (Lipinski definition) is 2. The Labute approximate surface area is 125 Å². The Kier molecular flexibility index (Phi) is 7.19. The summed E-state index contributed by atoms with van der Waals surface area (Å²) in [5, 5.41) is 11.9. The van der Waals surface area contributed by atoms with Crippen LogP contribution in [-0.4, -0.2) is 35.6 Å². The fraction of sp³-hybridized carbons (Fsp3) is 0.800. The molecule has 1 aliphatic carbocycles. The van der Waals surface area contributed by atoms with Gasteiger partial charge in [-0.2, -0.15) is 0 Å². The van der Waals surface area contributed by atoms with E-state index in [4.69, 9.17) is 4.74 Å². The van der Waals surface area contributed by atoms with Gasteiger partial charge in [-0.25, -0.2) is 4.79 Å². The summed E-state index contributed by atoms with van der Waals surface area (Å²) in [5.74, 6) is -2.37. The molecule has 0 aliphatic heterocycles. The zero-order valence-corrected chi connectivity index (χ0v) is 12.8. The minimum absolute atomic E-state index is 0.0181. The molecule has 21 heavy (non-hydrogen) atoms. The summed E-state index contributed by atoms with van der Waals surface area (Å²) in [6.07, 6.45) is 4.75. The van der Waals surface area contributed by atoms with E-state index in [0.29, 0.717) is 0 Å². The molecule has 0 aromatic heterocycles. The van der Waals surface area contributed by atoms with Crippen LogP contribution in [0.5, 0.6) is 0 Å².